The van der Waals surface area contributed by atoms with Crippen LogP contribution < -0.4 is 14.8 Å². The summed E-state index contributed by atoms with van der Waals surface area (Å²) in [5.74, 6) is 1.73. The largest absolute Gasteiger partial charge is 0.493 e. The number of aromatic nitrogens is 3. The van der Waals surface area contributed by atoms with Crippen molar-refractivity contribution >= 4 is 23.3 Å². The summed E-state index contributed by atoms with van der Waals surface area (Å²) in [5.41, 5.74) is 3.23. The molecule has 0 saturated carbocycles. The topological polar surface area (TPSA) is 78.3 Å². The highest BCUT2D eigenvalue weighted by Crippen LogP contribution is 2.38. The van der Waals surface area contributed by atoms with E-state index < -0.39 is 6.04 Å². The second-order valence-electron chi connectivity index (χ2n) is 6.98. The van der Waals surface area contributed by atoms with Crippen molar-refractivity contribution in [3.63, 3.8) is 0 Å². The molecule has 2 heterocycles. The van der Waals surface area contributed by atoms with Gasteiger partial charge in [0.05, 0.1) is 7.11 Å². The van der Waals surface area contributed by atoms with E-state index in [-0.39, 0.29) is 5.78 Å². The molecule has 0 amide bonds. The molecule has 7 nitrogen and oxygen atoms in total. The molecule has 1 aliphatic rings. The summed E-state index contributed by atoms with van der Waals surface area (Å²) in [6, 6.07) is 12.7. The van der Waals surface area contributed by atoms with Gasteiger partial charge in [0.1, 0.15) is 19.0 Å². The minimum Gasteiger partial charge on any atom is -0.493 e. The fraction of sp³-hybridized carbons (Fsp3) is 0.227. The zero-order valence-electron chi connectivity index (χ0n) is 16.8. The molecule has 0 unspecified atom stereocenters. The van der Waals surface area contributed by atoms with Crippen molar-refractivity contribution in [1.82, 2.24) is 14.8 Å². The van der Waals surface area contributed by atoms with Crippen LogP contribution in [0.25, 0.3) is 0 Å². The monoisotopic (exact) mass is 424 g/mol. The summed E-state index contributed by atoms with van der Waals surface area (Å²) >= 11 is 5.94. The maximum absolute atomic E-state index is 12.4. The number of hydrogen-bond acceptors (Lipinski definition) is 6. The van der Waals surface area contributed by atoms with E-state index >= 15 is 0 Å². The van der Waals surface area contributed by atoms with Gasteiger partial charge in [-0.25, -0.2) is 4.68 Å². The summed E-state index contributed by atoms with van der Waals surface area (Å²) in [6.45, 7) is 3.80. The van der Waals surface area contributed by atoms with Crippen LogP contribution in [0.5, 0.6) is 11.5 Å². The second-order valence-corrected chi connectivity index (χ2v) is 7.41. The number of nitrogens with zero attached hydrogens (tertiary/aromatic N) is 3. The Morgan fingerprint density at radius 1 is 1.20 bits per heavy atom. The number of rotatable bonds is 6. The SMILES string of the molecule is COc1cc([C@H]2C(C(C)=O)=C(C)Nc3ncnn32)ccc1OCc1ccc(Cl)cc1. The molecule has 1 aromatic heterocycles. The highest BCUT2D eigenvalue weighted by atomic mass is 35.5. The molecule has 30 heavy (non-hydrogen) atoms. The number of fused-ring (bicyclic) bond motifs is 1. The minimum atomic E-state index is -0.402. The first-order chi connectivity index (χ1) is 14.5. The average molecular weight is 425 g/mol. The first kappa shape index (κ1) is 20.0. The quantitative estimate of drug-likeness (QED) is 0.632. The van der Waals surface area contributed by atoms with E-state index in [0.29, 0.717) is 34.6 Å². The van der Waals surface area contributed by atoms with Gasteiger partial charge < -0.3 is 14.8 Å². The Hall–Kier alpha value is -3.32. The molecule has 3 aromatic rings. The summed E-state index contributed by atoms with van der Waals surface area (Å²) < 4.78 is 13.2. The molecule has 1 aliphatic heterocycles. The van der Waals surface area contributed by atoms with E-state index in [2.05, 4.69) is 15.4 Å². The number of hydrogen-bond donors (Lipinski definition) is 1. The van der Waals surface area contributed by atoms with Crippen LogP contribution in [-0.4, -0.2) is 27.7 Å². The number of allylic oxidation sites excluding steroid dienone is 2. The fourth-order valence-electron chi connectivity index (χ4n) is 3.57. The third kappa shape index (κ3) is 3.76. The highest BCUT2D eigenvalue weighted by Gasteiger charge is 2.32. The molecular formula is C22H21ClN4O3. The number of ketones is 1. The fourth-order valence-corrected chi connectivity index (χ4v) is 3.70. The lowest BCUT2D eigenvalue weighted by Crippen LogP contribution is -2.27. The summed E-state index contributed by atoms with van der Waals surface area (Å²) in [6.07, 6.45) is 1.46. The van der Waals surface area contributed by atoms with Crippen molar-refractivity contribution in [1.29, 1.82) is 0 Å². The van der Waals surface area contributed by atoms with Crippen LogP contribution in [-0.2, 0) is 11.4 Å². The summed E-state index contributed by atoms with van der Waals surface area (Å²) in [7, 11) is 1.59. The Morgan fingerprint density at radius 3 is 2.67 bits per heavy atom. The number of nitrogens with one attached hydrogen (secondary N) is 1. The average Bonchev–Trinajstić information content (AvgIpc) is 3.20. The lowest BCUT2D eigenvalue weighted by atomic mass is 9.93. The van der Waals surface area contributed by atoms with Crippen LogP contribution in [0.1, 0.15) is 31.0 Å². The maximum atomic E-state index is 12.4. The molecule has 0 radical (unpaired) electrons. The van der Waals surface area contributed by atoms with Crippen LogP contribution in [0.3, 0.4) is 0 Å². The zero-order valence-corrected chi connectivity index (χ0v) is 17.6. The van der Waals surface area contributed by atoms with E-state index in [0.717, 1.165) is 16.8 Å². The summed E-state index contributed by atoms with van der Waals surface area (Å²) in [4.78, 5) is 16.6. The predicted octanol–water partition coefficient (Wildman–Crippen LogP) is 4.40. The normalized spacial score (nSPS) is 15.4. The maximum Gasteiger partial charge on any atom is 0.226 e. The van der Waals surface area contributed by atoms with Gasteiger partial charge in [-0.1, -0.05) is 29.8 Å². The minimum absolute atomic E-state index is 0.0341. The summed E-state index contributed by atoms with van der Waals surface area (Å²) in [5, 5.41) is 8.13. The Bertz CT molecular complexity index is 1120. The van der Waals surface area contributed by atoms with E-state index in [9.17, 15) is 4.79 Å². The van der Waals surface area contributed by atoms with Gasteiger partial charge in [0.25, 0.3) is 0 Å². The third-order valence-corrected chi connectivity index (χ3v) is 5.24. The molecule has 1 atom stereocenters. The van der Waals surface area contributed by atoms with Crippen molar-refractivity contribution in [3.8, 4) is 11.5 Å². The van der Waals surface area contributed by atoms with Crippen LogP contribution in [0, 0.1) is 0 Å². The van der Waals surface area contributed by atoms with E-state index in [1.165, 1.54) is 6.33 Å². The van der Waals surface area contributed by atoms with Crippen molar-refractivity contribution in [3.05, 3.63) is 76.2 Å². The van der Waals surface area contributed by atoms with Gasteiger partial charge in [-0.05, 0) is 49.2 Å². The van der Waals surface area contributed by atoms with E-state index in [4.69, 9.17) is 21.1 Å². The Balaban J connectivity index is 1.66. The van der Waals surface area contributed by atoms with E-state index in [1.54, 1.807) is 18.7 Å². The molecule has 1 N–H and O–H groups in total. The molecule has 0 bridgehead atoms. The zero-order chi connectivity index (χ0) is 21.3. The first-order valence-electron chi connectivity index (χ1n) is 9.41. The molecule has 4 rings (SSSR count). The first-order valence-corrected chi connectivity index (χ1v) is 9.79. The number of anilines is 1. The lowest BCUT2D eigenvalue weighted by molar-refractivity contribution is -0.114. The number of carbonyl (C=O) groups excluding carboxylic acids is 1. The van der Waals surface area contributed by atoms with Gasteiger partial charge in [-0.2, -0.15) is 10.1 Å². The van der Waals surface area contributed by atoms with Crippen molar-refractivity contribution < 1.29 is 14.3 Å². The molecule has 2 aromatic carbocycles. The molecule has 0 spiro atoms. The number of carbonyl (C=O) groups is 1. The van der Waals surface area contributed by atoms with Crippen molar-refractivity contribution in [2.24, 2.45) is 0 Å². The van der Waals surface area contributed by atoms with Gasteiger partial charge in [0.15, 0.2) is 17.3 Å². The molecule has 0 saturated heterocycles. The number of benzene rings is 2. The van der Waals surface area contributed by atoms with Crippen LogP contribution in [0.2, 0.25) is 5.02 Å². The van der Waals surface area contributed by atoms with Crippen LogP contribution >= 0.6 is 11.6 Å². The van der Waals surface area contributed by atoms with Gasteiger partial charge in [-0.15, -0.1) is 0 Å². The van der Waals surface area contributed by atoms with Crippen LogP contribution in [0.4, 0.5) is 5.95 Å². The van der Waals surface area contributed by atoms with E-state index in [1.807, 2.05) is 49.4 Å². The number of halogens is 1. The van der Waals surface area contributed by atoms with Gasteiger partial charge >= 0.3 is 0 Å². The van der Waals surface area contributed by atoms with Gasteiger partial charge in [-0.3, -0.25) is 4.79 Å². The van der Waals surface area contributed by atoms with Gasteiger partial charge in [0, 0.05) is 16.3 Å². The lowest BCUT2D eigenvalue weighted by Gasteiger charge is -2.28. The molecule has 154 valence electrons. The molecule has 0 aliphatic carbocycles. The smallest absolute Gasteiger partial charge is 0.226 e. The number of methoxy groups -OCH3 is 1. The van der Waals surface area contributed by atoms with Gasteiger partial charge in [0.2, 0.25) is 5.95 Å². The Kier molecular flexibility index (Phi) is 5.46. The van der Waals surface area contributed by atoms with Crippen molar-refractivity contribution in [2.45, 2.75) is 26.5 Å². The third-order valence-electron chi connectivity index (χ3n) is 4.98. The van der Waals surface area contributed by atoms with Crippen LogP contribution in [0.15, 0.2) is 60.1 Å². The molecule has 0 fully saturated rings. The second kappa shape index (κ2) is 8.20. The Labute approximate surface area is 179 Å². The molecule has 8 heteroatoms. The standard InChI is InChI=1S/C22H21ClN4O3/c1-13-20(14(2)28)21(27-22(26-13)24-12-25-27)16-6-9-18(19(10-16)29-3)30-11-15-4-7-17(23)8-5-15/h4-10,12,21H,11H2,1-3H3,(H,24,25,26)/t21-/m0/s1. The number of Topliss-reactive ketones (excluding diaryl/α,β-unsaturated/α-hetero) is 1. The highest BCUT2D eigenvalue weighted by molar-refractivity contribution is 6.30. The number of ether oxygens (including phenoxy) is 2. The van der Waals surface area contributed by atoms with Crippen molar-refractivity contribution in [2.75, 3.05) is 12.4 Å². The predicted molar refractivity (Wildman–Crippen MR) is 114 cm³/mol. The Morgan fingerprint density at radius 2 is 1.97 bits per heavy atom. The molecular weight excluding hydrogens is 404 g/mol.